The minimum absolute atomic E-state index is 0.0354. The SMILES string of the molecule is CCCCC/C=C\C/C=C\CCCCCCCCOC(=O)C1CC(NC(=O)CN2C[C@H](OCCOCC)[C@H](OCCOCC)C2)CN1C(=O)CCCCCCC/C=C\C/C=C\CCCCC. The monoisotopic (exact) mass is 928 g/mol. The average molecular weight is 928 g/mol. The number of esters is 1. The number of allylic oxidation sites excluding steroid dienone is 8. The zero-order chi connectivity index (χ0) is 47.6. The van der Waals surface area contributed by atoms with E-state index in [0.717, 1.165) is 77.0 Å². The highest BCUT2D eigenvalue weighted by Crippen LogP contribution is 2.23. The van der Waals surface area contributed by atoms with Gasteiger partial charge in [-0.25, -0.2) is 4.79 Å². The summed E-state index contributed by atoms with van der Waals surface area (Å²) >= 11 is 0. The molecule has 11 heteroatoms. The largest absolute Gasteiger partial charge is 0.464 e. The fraction of sp³-hybridized carbons (Fsp3) is 0.800. The molecule has 0 bridgehead atoms. The summed E-state index contributed by atoms with van der Waals surface area (Å²) in [6.45, 7) is 13.5. The van der Waals surface area contributed by atoms with Gasteiger partial charge in [-0.2, -0.15) is 0 Å². The second kappa shape index (κ2) is 42.3. The first-order valence-electron chi connectivity index (χ1n) is 26.9. The average Bonchev–Trinajstić information content (AvgIpc) is 3.92. The molecule has 2 rings (SSSR count). The van der Waals surface area contributed by atoms with Gasteiger partial charge in [-0.05, 0) is 90.9 Å². The molecule has 1 N–H and O–H groups in total. The fourth-order valence-corrected chi connectivity index (χ4v) is 8.58. The van der Waals surface area contributed by atoms with Gasteiger partial charge in [0, 0.05) is 51.7 Å². The van der Waals surface area contributed by atoms with Crippen molar-refractivity contribution in [3.05, 3.63) is 48.6 Å². The van der Waals surface area contributed by atoms with E-state index in [1.54, 1.807) is 4.90 Å². The molecule has 0 aromatic rings. The maximum Gasteiger partial charge on any atom is 0.328 e. The number of rotatable bonds is 43. The Morgan fingerprint density at radius 2 is 1.00 bits per heavy atom. The standard InChI is InChI=1S/C55H97N3O8/c1-5-9-11-13-15-17-19-21-23-25-27-29-31-33-35-37-39-66-55(61)50-44-49(45-58(50)54(60)38-36-34-32-30-28-26-24-22-20-18-16-14-12-10-6-2)56-53(59)48-57-46-51(64-42-40-62-7-3)52(47-57)65-43-41-63-8-4/h15-18,21-24,49-52H,5-14,19-20,25-48H2,1-4H3,(H,56,59)/b17-15-,18-16-,23-21-,24-22-/t49?,50?,51-,52+. The Labute approximate surface area is 403 Å². The topological polar surface area (TPSA) is 116 Å². The molecule has 0 radical (unpaired) electrons. The van der Waals surface area contributed by atoms with Crippen LogP contribution in [-0.2, 0) is 38.1 Å². The van der Waals surface area contributed by atoms with Gasteiger partial charge in [-0.1, -0.05) is 133 Å². The van der Waals surface area contributed by atoms with Gasteiger partial charge in [0.05, 0.1) is 51.8 Å². The van der Waals surface area contributed by atoms with Crippen molar-refractivity contribution in [1.29, 1.82) is 0 Å². The molecule has 2 unspecified atom stereocenters. The Morgan fingerprint density at radius 1 is 0.530 bits per heavy atom. The minimum atomic E-state index is -0.691. The highest BCUT2D eigenvalue weighted by Gasteiger charge is 2.41. The van der Waals surface area contributed by atoms with Gasteiger partial charge in [-0.15, -0.1) is 0 Å². The fourth-order valence-electron chi connectivity index (χ4n) is 8.58. The van der Waals surface area contributed by atoms with E-state index >= 15 is 0 Å². The van der Waals surface area contributed by atoms with Gasteiger partial charge in [0.25, 0.3) is 0 Å². The van der Waals surface area contributed by atoms with Crippen LogP contribution in [0, 0.1) is 0 Å². The number of amides is 2. The molecule has 0 aromatic carbocycles. The molecule has 0 aliphatic carbocycles. The smallest absolute Gasteiger partial charge is 0.328 e. The van der Waals surface area contributed by atoms with E-state index in [1.165, 1.54) is 70.6 Å². The van der Waals surface area contributed by atoms with Crippen molar-refractivity contribution >= 4 is 17.8 Å². The summed E-state index contributed by atoms with van der Waals surface area (Å²) in [5.74, 6) is -0.535. The molecule has 0 saturated carbocycles. The molecular weight excluding hydrogens is 831 g/mol. The molecule has 2 fully saturated rings. The van der Waals surface area contributed by atoms with Crippen molar-refractivity contribution in [3.8, 4) is 0 Å². The van der Waals surface area contributed by atoms with Crippen LogP contribution >= 0.6 is 0 Å². The first kappa shape index (κ1) is 59.3. The lowest BCUT2D eigenvalue weighted by atomic mass is 10.1. The van der Waals surface area contributed by atoms with Crippen molar-refractivity contribution in [3.63, 3.8) is 0 Å². The van der Waals surface area contributed by atoms with Crippen LogP contribution in [0.3, 0.4) is 0 Å². The molecule has 2 amide bonds. The number of carbonyl (C=O) groups is 3. The molecule has 2 aliphatic heterocycles. The Bertz CT molecular complexity index is 1300. The van der Waals surface area contributed by atoms with E-state index in [2.05, 4.69) is 67.8 Å². The van der Waals surface area contributed by atoms with E-state index in [1.807, 2.05) is 18.7 Å². The van der Waals surface area contributed by atoms with Gasteiger partial charge in [-0.3, -0.25) is 14.5 Å². The van der Waals surface area contributed by atoms with Gasteiger partial charge in [0.15, 0.2) is 0 Å². The summed E-state index contributed by atoms with van der Waals surface area (Å²) in [5, 5.41) is 3.15. The normalized spacial score (nSPS) is 19.2. The van der Waals surface area contributed by atoms with Crippen molar-refractivity contribution in [2.45, 2.75) is 213 Å². The van der Waals surface area contributed by atoms with Crippen LogP contribution in [-0.4, -0.2) is 124 Å². The summed E-state index contributed by atoms with van der Waals surface area (Å²) in [5.41, 5.74) is 0. The Kier molecular flexibility index (Phi) is 38.0. The molecule has 2 heterocycles. The molecule has 0 aromatic heterocycles. The third kappa shape index (κ3) is 30.5. The van der Waals surface area contributed by atoms with Gasteiger partial charge in [0.1, 0.15) is 6.04 Å². The first-order chi connectivity index (χ1) is 32.4. The first-order valence-corrected chi connectivity index (χ1v) is 26.9. The Hall–Kier alpha value is -2.83. The molecule has 0 spiro atoms. The van der Waals surface area contributed by atoms with E-state index in [-0.39, 0.29) is 42.6 Å². The molecule has 380 valence electrons. The van der Waals surface area contributed by atoms with Crippen LogP contribution in [0.2, 0.25) is 0 Å². The number of nitrogens with zero attached hydrogens (tertiary/aromatic N) is 2. The summed E-state index contributed by atoms with van der Waals surface area (Å²) < 4.78 is 29.0. The van der Waals surface area contributed by atoms with E-state index in [0.29, 0.717) is 78.7 Å². The number of hydrogen-bond donors (Lipinski definition) is 1. The quantitative estimate of drug-likeness (QED) is 0.0362. The zero-order valence-electron chi connectivity index (χ0n) is 42.5. The minimum Gasteiger partial charge on any atom is -0.464 e. The highest BCUT2D eigenvalue weighted by atomic mass is 16.6. The predicted octanol–water partition coefficient (Wildman–Crippen LogP) is 11.4. The van der Waals surface area contributed by atoms with Crippen LogP contribution in [0.4, 0.5) is 0 Å². The van der Waals surface area contributed by atoms with E-state index < -0.39 is 6.04 Å². The molecule has 2 aliphatic rings. The highest BCUT2D eigenvalue weighted by molar-refractivity contribution is 5.86. The van der Waals surface area contributed by atoms with Gasteiger partial charge < -0.3 is 33.9 Å². The van der Waals surface area contributed by atoms with Gasteiger partial charge >= 0.3 is 5.97 Å². The van der Waals surface area contributed by atoms with Crippen LogP contribution in [0.5, 0.6) is 0 Å². The molecule has 11 nitrogen and oxygen atoms in total. The number of nitrogens with one attached hydrogen (secondary N) is 1. The van der Waals surface area contributed by atoms with Crippen molar-refractivity contribution < 1.29 is 38.1 Å². The predicted molar refractivity (Wildman–Crippen MR) is 271 cm³/mol. The lowest BCUT2D eigenvalue weighted by molar-refractivity contribution is -0.153. The van der Waals surface area contributed by atoms with Crippen molar-refractivity contribution in [1.82, 2.24) is 15.1 Å². The Morgan fingerprint density at radius 3 is 1.50 bits per heavy atom. The third-order valence-electron chi connectivity index (χ3n) is 12.4. The number of carbonyl (C=O) groups excluding carboxylic acids is 3. The number of likely N-dealkylation sites (tertiary alicyclic amines) is 2. The number of unbranched alkanes of at least 4 members (excludes halogenated alkanes) is 17. The zero-order valence-corrected chi connectivity index (χ0v) is 42.5. The molecule has 2 saturated heterocycles. The lowest BCUT2D eigenvalue weighted by Crippen LogP contribution is -2.44. The van der Waals surface area contributed by atoms with Crippen LogP contribution in [0.25, 0.3) is 0 Å². The second-order valence-corrected chi connectivity index (χ2v) is 18.2. The van der Waals surface area contributed by atoms with E-state index in [4.69, 9.17) is 23.7 Å². The summed E-state index contributed by atoms with van der Waals surface area (Å²) in [6, 6.07) is -1.02. The third-order valence-corrected chi connectivity index (χ3v) is 12.4. The van der Waals surface area contributed by atoms with Crippen LogP contribution in [0.15, 0.2) is 48.6 Å². The van der Waals surface area contributed by atoms with Crippen molar-refractivity contribution in [2.75, 3.05) is 72.4 Å². The van der Waals surface area contributed by atoms with Crippen LogP contribution < -0.4 is 5.32 Å². The second-order valence-electron chi connectivity index (χ2n) is 18.2. The summed E-state index contributed by atoms with van der Waals surface area (Å²) in [4.78, 5) is 44.5. The van der Waals surface area contributed by atoms with Crippen LogP contribution in [0.1, 0.15) is 188 Å². The maximum atomic E-state index is 13.7. The summed E-state index contributed by atoms with van der Waals surface area (Å²) in [6.07, 6.45) is 44.7. The number of ether oxygens (including phenoxy) is 5. The molecule has 4 atom stereocenters. The van der Waals surface area contributed by atoms with Crippen molar-refractivity contribution in [2.24, 2.45) is 0 Å². The van der Waals surface area contributed by atoms with Gasteiger partial charge in [0.2, 0.25) is 11.8 Å². The maximum absolute atomic E-state index is 13.7. The Balaban J connectivity index is 1.81. The summed E-state index contributed by atoms with van der Waals surface area (Å²) in [7, 11) is 0. The molecule has 66 heavy (non-hydrogen) atoms. The van der Waals surface area contributed by atoms with E-state index in [9.17, 15) is 14.4 Å². The lowest BCUT2D eigenvalue weighted by Gasteiger charge is -2.23. The molecular formula is C55H97N3O8. The number of hydrogen-bond acceptors (Lipinski definition) is 9.